The minimum absolute atomic E-state index is 0.0427. The number of benzene rings is 2. The number of hydrogen-bond acceptors (Lipinski definition) is 5. The number of amides is 1. The minimum atomic E-state index is -0.487. The average molecular weight is 316 g/mol. The van der Waals surface area contributed by atoms with Gasteiger partial charge in [-0.25, -0.2) is 0 Å². The van der Waals surface area contributed by atoms with Gasteiger partial charge in [-0.15, -0.1) is 0 Å². The van der Waals surface area contributed by atoms with Gasteiger partial charge in [0, 0.05) is 6.07 Å². The second kappa shape index (κ2) is 7.26. The van der Waals surface area contributed by atoms with E-state index in [1.165, 1.54) is 12.1 Å². The van der Waals surface area contributed by atoms with Crippen molar-refractivity contribution in [3.63, 3.8) is 0 Å². The molecule has 1 amide bonds. The Hall–Kier alpha value is -3.09. The lowest BCUT2D eigenvalue weighted by atomic mass is 10.1. The summed E-state index contributed by atoms with van der Waals surface area (Å²) in [5.41, 5.74) is 0.747. The predicted octanol–water partition coefficient (Wildman–Crippen LogP) is 2.93. The number of methoxy groups -OCH3 is 1. The van der Waals surface area contributed by atoms with Gasteiger partial charge in [-0.05, 0) is 37.3 Å². The van der Waals surface area contributed by atoms with E-state index in [-0.39, 0.29) is 12.3 Å². The molecule has 1 N–H and O–H groups in total. The van der Waals surface area contributed by atoms with Crippen molar-refractivity contribution < 1.29 is 19.2 Å². The Balaban J connectivity index is 1.97. The van der Waals surface area contributed by atoms with Crippen LogP contribution < -0.4 is 14.8 Å². The maximum Gasteiger partial charge on any atom is 0.274 e. The highest BCUT2D eigenvalue weighted by Crippen LogP contribution is 2.25. The second-order valence-electron chi connectivity index (χ2n) is 4.72. The number of anilines is 1. The van der Waals surface area contributed by atoms with E-state index in [0.29, 0.717) is 22.7 Å². The maximum atomic E-state index is 11.9. The molecule has 0 bridgehead atoms. The third-order valence-electron chi connectivity index (χ3n) is 3.21. The number of hydrogen-bond donors (Lipinski definition) is 1. The van der Waals surface area contributed by atoms with Gasteiger partial charge in [-0.1, -0.05) is 6.07 Å². The SMILES string of the molecule is COc1ccc(OCC(=O)Nc2cccc([N+](=O)[O-])c2C)cc1. The largest absolute Gasteiger partial charge is 0.497 e. The standard InChI is InChI=1S/C16H16N2O5/c1-11-14(4-3-5-15(11)18(20)21)17-16(19)10-23-13-8-6-12(22-2)7-9-13/h3-9H,10H2,1-2H3,(H,17,19). The van der Waals surface area contributed by atoms with Crippen LogP contribution in [0.2, 0.25) is 0 Å². The van der Waals surface area contributed by atoms with Gasteiger partial charge >= 0.3 is 0 Å². The van der Waals surface area contributed by atoms with Gasteiger partial charge < -0.3 is 14.8 Å². The van der Waals surface area contributed by atoms with Crippen LogP contribution in [0.5, 0.6) is 11.5 Å². The Bertz CT molecular complexity index is 713. The molecule has 2 rings (SSSR count). The first-order chi connectivity index (χ1) is 11.0. The third-order valence-corrected chi connectivity index (χ3v) is 3.21. The summed E-state index contributed by atoms with van der Waals surface area (Å²) in [7, 11) is 1.56. The molecular formula is C16H16N2O5. The smallest absolute Gasteiger partial charge is 0.274 e. The predicted molar refractivity (Wildman–Crippen MR) is 85.0 cm³/mol. The molecule has 0 aliphatic heterocycles. The van der Waals surface area contributed by atoms with Crippen LogP contribution in [0.1, 0.15) is 5.56 Å². The van der Waals surface area contributed by atoms with Crippen molar-refractivity contribution >= 4 is 17.3 Å². The summed E-state index contributed by atoms with van der Waals surface area (Å²) in [5.74, 6) is 0.815. The quantitative estimate of drug-likeness (QED) is 0.653. The van der Waals surface area contributed by atoms with Crippen LogP contribution in [0, 0.1) is 17.0 Å². The Kier molecular flexibility index (Phi) is 5.14. The van der Waals surface area contributed by atoms with E-state index in [9.17, 15) is 14.9 Å². The molecule has 0 atom stereocenters. The number of carbonyl (C=O) groups is 1. The number of ether oxygens (including phenoxy) is 2. The fraction of sp³-hybridized carbons (Fsp3) is 0.188. The molecule has 0 heterocycles. The van der Waals surface area contributed by atoms with Crippen LogP contribution in [0.3, 0.4) is 0 Å². The monoisotopic (exact) mass is 316 g/mol. The highest BCUT2D eigenvalue weighted by atomic mass is 16.6. The molecule has 0 aromatic heterocycles. The Labute approximate surface area is 133 Å². The number of nitro groups is 1. The van der Waals surface area contributed by atoms with Crippen LogP contribution in [0.4, 0.5) is 11.4 Å². The summed E-state index contributed by atoms with van der Waals surface area (Å²) in [4.78, 5) is 22.3. The van der Waals surface area contributed by atoms with E-state index in [4.69, 9.17) is 9.47 Å². The zero-order chi connectivity index (χ0) is 16.8. The van der Waals surface area contributed by atoms with Gasteiger partial charge in [-0.2, -0.15) is 0 Å². The molecule has 0 spiro atoms. The zero-order valence-electron chi connectivity index (χ0n) is 12.7. The summed E-state index contributed by atoms with van der Waals surface area (Å²) in [6.07, 6.45) is 0. The van der Waals surface area contributed by atoms with Crippen molar-refractivity contribution in [1.82, 2.24) is 0 Å². The van der Waals surface area contributed by atoms with Crippen molar-refractivity contribution in [3.8, 4) is 11.5 Å². The van der Waals surface area contributed by atoms with Gasteiger partial charge in [0.25, 0.3) is 11.6 Å². The summed E-state index contributed by atoms with van der Waals surface area (Å²) >= 11 is 0. The third kappa shape index (κ3) is 4.19. The molecule has 2 aromatic carbocycles. The number of carbonyl (C=O) groups excluding carboxylic acids is 1. The summed E-state index contributed by atoms with van der Waals surface area (Å²) in [6, 6.07) is 11.3. The minimum Gasteiger partial charge on any atom is -0.497 e. The molecule has 0 saturated heterocycles. The molecule has 0 unspecified atom stereocenters. The number of nitro benzene ring substituents is 1. The first-order valence-electron chi connectivity index (χ1n) is 6.82. The topological polar surface area (TPSA) is 90.7 Å². The first kappa shape index (κ1) is 16.3. The second-order valence-corrected chi connectivity index (χ2v) is 4.72. The lowest BCUT2D eigenvalue weighted by Crippen LogP contribution is -2.20. The average Bonchev–Trinajstić information content (AvgIpc) is 2.55. The molecule has 7 nitrogen and oxygen atoms in total. The van der Waals surface area contributed by atoms with Crippen molar-refractivity contribution in [2.24, 2.45) is 0 Å². The Morgan fingerprint density at radius 3 is 2.43 bits per heavy atom. The van der Waals surface area contributed by atoms with Crippen LogP contribution in [0.25, 0.3) is 0 Å². The van der Waals surface area contributed by atoms with Gasteiger partial charge in [0.1, 0.15) is 11.5 Å². The summed E-state index contributed by atoms with van der Waals surface area (Å²) in [5, 5.41) is 13.5. The summed E-state index contributed by atoms with van der Waals surface area (Å²) < 4.78 is 10.4. The number of nitrogens with one attached hydrogen (secondary N) is 1. The molecule has 2 aromatic rings. The van der Waals surface area contributed by atoms with E-state index in [1.54, 1.807) is 44.4 Å². The van der Waals surface area contributed by atoms with E-state index in [0.717, 1.165) is 0 Å². The van der Waals surface area contributed by atoms with E-state index in [1.807, 2.05) is 0 Å². The number of nitrogens with zero attached hydrogens (tertiary/aromatic N) is 1. The fourth-order valence-corrected chi connectivity index (χ4v) is 1.96. The molecule has 0 aliphatic rings. The maximum absolute atomic E-state index is 11.9. The normalized spacial score (nSPS) is 10.0. The van der Waals surface area contributed by atoms with Gasteiger partial charge in [-0.3, -0.25) is 14.9 Å². The van der Waals surface area contributed by atoms with E-state index in [2.05, 4.69) is 5.32 Å². The van der Waals surface area contributed by atoms with Crippen LogP contribution in [0.15, 0.2) is 42.5 Å². The molecule has 0 saturated carbocycles. The molecule has 120 valence electrons. The van der Waals surface area contributed by atoms with Crippen molar-refractivity contribution in [2.45, 2.75) is 6.92 Å². The molecule has 0 radical (unpaired) electrons. The Morgan fingerprint density at radius 2 is 1.83 bits per heavy atom. The van der Waals surface area contributed by atoms with Crippen molar-refractivity contribution in [2.75, 3.05) is 19.0 Å². The first-order valence-corrected chi connectivity index (χ1v) is 6.82. The molecule has 0 aliphatic carbocycles. The lowest BCUT2D eigenvalue weighted by Gasteiger charge is -2.10. The molecular weight excluding hydrogens is 300 g/mol. The highest BCUT2D eigenvalue weighted by Gasteiger charge is 2.14. The molecule has 23 heavy (non-hydrogen) atoms. The van der Waals surface area contributed by atoms with Gasteiger partial charge in [0.2, 0.25) is 0 Å². The van der Waals surface area contributed by atoms with Crippen LogP contribution in [-0.2, 0) is 4.79 Å². The fourth-order valence-electron chi connectivity index (χ4n) is 1.96. The van der Waals surface area contributed by atoms with E-state index >= 15 is 0 Å². The Morgan fingerprint density at radius 1 is 1.17 bits per heavy atom. The van der Waals surface area contributed by atoms with E-state index < -0.39 is 10.8 Å². The van der Waals surface area contributed by atoms with Crippen molar-refractivity contribution in [1.29, 1.82) is 0 Å². The van der Waals surface area contributed by atoms with Crippen LogP contribution in [-0.4, -0.2) is 24.5 Å². The van der Waals surface area contributed by atoms with Crippen LogP contribution >= 0.6 is 0 Å². The van der Waals surface area contributed by atoms with Gasteiger partial charge in [0.15, 0.2) is 6.61 Å². The zero-order valence-corrected chi connectivity index (χ0v) is 12.7. The highest BCUT2D eigenvalue weighted by molar-refractivity contribution is 5.93. The number of rotatable bonds is 6. The molecule has 0 fully saturated rings. The summed E-state index contributed by atoms with van der Waals surface area (Å²) in [6.45, 7) is 1.38. The lowest BCUT2D eigenvalue weighted by molar-refractivity contribution is -0.385. The van der Waals surface area contributed by atoms with Gasteiger partial charge in [0.05, 0.1) is 23.3 Å². The molecule has 7 heteroatoms. The van der Waals surface area contributed by atoms with Crippen molar-refractivity contribution in [3.05, 3.63) is 58.1 Å².